The maximum atomic E-state index is 12.6. The van der Waals surface area contributed by atoms with Gasteiger partial charge in [0.05, 0.1) is 18.5 Å². The molecule has 0 saturated carbocycles. The molecule has 0 spiro atoms. The van der Waals surface area contributed by atoms with Gasteiger partial charge in [-0.15, -0.1) is 11.8 Å². The number of hydrogen-bond acceptors (Lipinski definition) is 4. The quantitative estimate of drug-likeness (QED) is 0.741. The third kappa shape index (κ3) is 6.25. The minimum atomic E-state index is -0.142. The summed E-state index contributed by atoms with van der Waals surface area (Å²) in [4.78, 5) is 15.0. The van der Waals surface area contributed by atoms with Crippen LogP contribution in [0.1, 0.15) is 18.1 Å². The molecule has 144 valence electrons. The third-order valence-electron chi connectivity index (χ3n) is 4.56. The average Bonchev–Trinajstić information content (AvgIpc) is 2.69. The molecule has 1 saturated heterocycles. The van der Waals surface area contributed by atoms with Crippen molar-refractivity contribution >= 4 is 35.0 Å². The summed E-state index contributed by atoms with van der Waals surface area (Å²) >= 11 is 7.54. The number of anilines is 1. The number of thioether (sulfide) groups is 1. The molecule has 6 heteroatoms. The van der Waals surface area contributed by atoms with Crippen LogP contribution in [0.4, 0.5) is 5.69 Å². The monoisotopic (exact) mass is 404 g/mol. The molecular formula is C21H25ClN2O2S. The molecule has 0 aliphatic carbocycles. The number of benzene rings is 2. The van der Waals surface area contributed by atoms with Crippen LogP contribution in [0.5, 0.6) is 0 Å². The Labute approximate surface area is 170 Å². The van der Waals surface area contributed by atoms with Gasteiger partial charge in [-0.1, -0.05) is 41.9 Å². The van der Waals surface area contributed by atoms with E-state index in [1.165, 1.54) is 0 Å². The Balaban J connectivity index is 1.55. The van der Waals surface area contributed by atoms with Gasteiger partial charge in [0.1, 0.15) is 0 Å². The summed E-state index contributed by atoms with van der Waals surface area (Å²) in [6.07, 6.45) is 0. The second-order valence-corrected chi connectivity index (χ2v) is 8.38. The Morgan fingerprint density at radius 3 is 2.63 bits per heavy atom. The molecule has 1 amide bonds. The molecular weight excluding hydrogens is 380 g/mol. The fraction of sp³-hybridized carbons (Fsp3) is 0.381. The first-order valence-electron chi connectivity index (χ1n) is 9.17. The number of hydrogen-bond donors (Lipinski definition) is 1. The second kappa shape index (κ2) is 10.1. The fourth-order valence-electron chi connectivity index (χ4n) is 2.89. The van der Waals surface area contributed by atoms with Crippen LogP contribution in [0, 0.1) is 0 Å². The number of nitrogens with one attached hydrogen (secondary N) is 1. The highest BCUT2D eigenvalue weighted by Gasteiger charge is 2.17. The third-order valence-corrected chi connectivity index (χ3v) is 6.02. The molecule has 1 fully saturated rings. The molecule has 1 aliphatic heterocycles. The number of ether oxygens (including phenoxy) is 1. The summed E-state index contributed by atoms with van der Waals surface area (Å²) in [7, 11) is 0. The van der Waals surface area contributed by atoms with Crippen LogP contribution in [-0.4, -0.2) is 42.4 Å². The van der Waals surface area contributed by atoms with Gasteiger partial charge in [0.15, 0.2) is 0 Å². The van der Waals surface area contributed by atoms with Gasteiger partial charge in [-0.3, -0.25) is 9.69 Å². The normalized spacial score (nSPS) is 16.1. The number of nitrogens with zero attached hydrogens (tertiary/aromatic N) is 1. The summed E-state index contributed by atoms with van der Waals surface area (Å²) in [5, 5.41) is 3.69. The lowest BCUT2D eigenvalue weighted by molar-refractivity contribution is -0.115. The SMILES string of the molecule is CC(SCc1ccc(Cl)cc1)C(=O)Nc1ccccc1CN1CCOCC1. The highest BCUT2D eigenvalue weighted by molar-refractivity contribution is 7.99. The van der Waals surface area contributed by atoms with Crippen LogP contribution in [0.25, 0.3) is 0 Å². The van der Waals surface area contributed by atoms with E-state index in [1.54, 1.807) is 11.8 Å². The van der Waals surface area contributed by atoms with E-state index in [9.17, 15) is 4.79 Å². The van der Waals surface area contributed by atoms with Crippen molar-refractivity contribution in [3.63, 3.8) is 0 Å². The van der Waals surface area contributed by atoms with Crippen LogP contribution in [0.2, 0.25) is 5.02 Å². The number of carbonyl (C=O) groups excluding carboxylic acids is 1. The van der Waals surface area contributed by atoms with E-state index in [1.807, 2.05) is 49.4 Å². The van der Waals surface area contributed by atoms with E-state index in [-0.39, 0.29) is 11.2 Å². The number of para-hydroxylation sites is 1. The first-order valence-corrected chi connectivity index (χ1v) is 10.6. The number of carbonyl (C=O) groups is 1. The van der Waals surface area contributed by atoms with E-state index >= 15 is 0 Å². The van der Waals surface area contributed by atoms with Gasteiger partial charge in [0.25, 0.3) is 0 Å². The van der Waals surface area contributed by atoms with Crippen molar-refractivity contribution in [2.75, 3.05) is 31.6 Å². The van der Waals surface area contributed by atoms with Crippen LogP contribution >= 0.6 is 23.4 Å². The predicted molar refractivity (Wildman–Crippen MR) is 113 cm³/mol. The molecule has 0 radical (unpaired) electrons. The molecule has 27 heavy (non-hydrogen) atoms. The van der Waals surface area contributed by atoms with Gasteiger partial charge < -0.3 is 10.1 Å². The highest BCUT2D eigenvalue weighted by Crippen LogP contribution is 2.23. The molecule has 2 aromatic carbocycles. The molecule has 1 unspecified atom stereocenters. The van der Waals surface area contributed by atoms with Crippen molar-refractivity contribution in [3.8, 4) is 0 Å². The largest absolute Gasteiger partial charge is 0.379 e. The molecule has 0 bridgehead atoms. The van der Waals surface area contributed by atoms with Crippen molar-refractivity contribution in [1.29, 1.82) is 0 Å². The van der Waals surface area contributed by atoms with E-state index in [0.29, 0.717) is 0 Å². The van der Waals surface area contributed by atoms with Crippen molar-refractivity contribution < 1.29 is 9.53 Å². The average molecular weight is 405 g/mol. The van der Waals surface area contributed by atoms with Gasteiger partial charge in [0.2, 0.25) is 5.91 Å². The van der Waals surface area contributed by atoms with Gasteiger partial charge in [-0.25, -0.2) is 0 Å². The van der Waals surface area contributed by atoms with Crippen molar-refractivity contribution in [3.05, 3.63) is 64.7 Å². The molecule has 2 aromatic rings. The van der Waals surface area contributed by atoms with Crippen LogP contribution < -0.4 is 5.32 Å². The zero-order chi connectivity index (χ0) is 19.1. The Kier molecular flexibility index (Phi) is 7.59. The number of morpholine rings is 1. The lowest BCUT2D eigenvalue weighted by Gasteiger charge is -2.27. The number of rotatable bonds is 7. The lowest BCUT2D eigenvalue weighted by atomic mass is 10.1. The van der Waals surface area contributed by atoms with Crippen molar-refractivity contribution in [2.24, 2.45) is 0 Å². The fourth-order valence-corrected chi connectivity index (χ4v) is 3.86. The molecule has 4 nitrogen and oxygen atoms in total. The first kappa shape index (κ1) is 20.2. The smallest absolute Gasteiger partial charge is 0.237 e. The molecule has 3 rings (SSSR count). The second-order valence-electron chi connectivity index (χ2n) is 6.61. The van der Waals surface area contributed by atoms with Crippen molar-refractivity contribution in [2.45, 2.75) is 24.5 Å². The van der Waals surface area contributed by atoms with Crippen LogP contribution in [0.3, 0.4) is 0 Å². The first-order chi connectivity index (χ1) is 13.1. The summed E-state index contributed by atoms with van der Waals surface area (Å²) in [6.45, 7) is 6.16. The minimum absolute atomic E-state index is 0.0309. The topological polar surface area (TPSA) is 41.6 Å². The Bertz CT molecular complexity index is 748. The maximum Gasteiger partial charge on any atom is 0.237 e. The van der Waals surface area contributed by atoms with Crippen molar-refractivity contribution in [1.82, 2.24) is 4.90 Å². The molecule has 1 aliphatic rings. The maximum absolute atomic E-state index is 12.6. The van der Waals surface area contributed by atoms with Gasteiger partial charge in [0, 0.05) is 36.1 Å². The standard InChI is InChI=1S/C21H25ClN2O2S/c1-16(27-15-17-6-8-19(22)9-7-17)21(25)23-20-5-3-2-4-18(20)14-24-10-12-26-13-11-24/h2-9,16H,10-15H2,1H3,(H,23,25). The van der Waals surface area contributed by atoms with Gasteiger partial charge >= 0.3 is 0 Å². The van der Waals surface area contributed by atoms with Crippen LogP contribution in [-0.2, 0) is 21.8 Å². The Morgan fingerprint density at radius 1 is 1.19 bits per heavy atom. The summed E-state index contributed by atoms with van der Waals surface area (Å²) in [5.41, 5.74) is 3.20. The zero-order valence-electron chi connectivity index (χ0n) is 15.5. The zero-order valence-corrected chi connectivity index (χ0v) is 17.1. The summed E-state index contributed by atoms with van der Waals surface area (Å²) < 4.78 is 5.41. The molecule has 1 atom stereocenters. The lowest BCUT2D eigenvalue weighted by Crippen LogP contribution is -2.36. The van der Waals surface area contributed by atoms with E-state index in [2.05, 4.69) is 16.3 Å². The van der Waals surface area contributed by atoms with E-state index in [0.717, 1.165) is 60.4 Å². The van der Waals surface area contributed by atoms with E-state index in [4.69, 9.17) is 16.3 Å². The molecule has 1 N–H and O–H groups in total. The highest BCUT2D eigenvalue weighted by atomic mass is 35.5. The number of halogens is 1. The van der Waals surface area contributed by atoms with Gasteiger partial charge in [-0.2, -0.15) is 0 Å². The summed E-state index contributed by atoms with van der Waals surface area (Å²) in [5.74, 6) is 0.810. The van der Waals surface area contributed by atoms with Gasteiger partial charge in [-0.05, 0) is 36.2 Å². The minimum Gasteiger partial charge on any atom is -0.379 e. The predicted octanol–water partition coefficient (Wildman–Crippen LogP) is 4.43. The Hall–Kier alpha value is -1.53. The number of amides is 1. The molecule has 0 aromatic heterocycles. The van der Waals surface area contributed by atoms with Crippen LogP contribution in [0.15, 0.2) is 48.5 Å². The summed E-state index contributed by atoms with van der Waals surface area (Å²) in [6, 6.07) is 15.8. The van der Waals surface area contributed by atoms with E-state index < -0.39 is 0 Å². The molecule has 1 heterocycles. The Morgan fingerprint density at radius 2 is 1.89 bits per heavy atom.